The van der Waals surface area contributed by atoms with Crippen LogP contribution in [-0.2, 0) is 10.0 Å². The van der Waals surface area contributed by atoms with Gasteiger partial charge in [0, 0.05) is 11.6 Å². The van der Waals surface area contributed by atoms with E-state index >= 15 is 0 Å². The predicted molar refractivity (Wildman–Crippen MR) is 69.6 cm³/mol. The standard InChI is InChI=1S/C12H14N2O3S/c1-2-8-18(15,16)14-12-9-11(17-13-12)10-6-4-3-5-7-10/h3-7,9H,2,8H2,1H3,(H,13,14). The first kappa shape index (κ1) is 12.6. The lowest BCUT2D eigenvalue weighted by atomic mass is 10.2. The summed E-state index contributed by atoms with van der Waals surface area (Å²) in [6.07, 6.45) is 0.554. The van der Waals surface area contributed by atoms with E-state index in [4.69, 9.17) is 4.52 Å². The summed E-state index contributed by atoms with van der Waals surface area (Å²) in [6.45, 7) is 1.80. The molecule has 0 bridgehead atoms. The number of sulfonamides is 1. The first-order valence-electron chi connectivity index (χ1n) is 5.63. The molecule has 2 aromatic rings. The maximum atomic E-state index is 11.6. The number of nitrogens with one attached hydrogen (secondary N) is 1. The molecule has 0 aliphatic rings. The molecule has 1 aromatic carbocycles. The van der Waals surface area contributed by atoms with Gasteiger partial charge in [-0.2, -0.15) is 0 Å². The second-order valence-electron chi connectivity index (χ2n) is 3.86. The van der Waals surface area contributed by atoms with Crippen molar-refractivity contribution < 1.29 is 12.9 Å². The summed E-state index contributed by atoms with van der Waals surface area (Å²) in [5, 5.41) is 3.69. The van der Waals surface area contributed by atoms with E-state index in [1.54, 1.807) is 13.0 Å². The summed E-state index contributed by atoms with van der Waals surface area (Å²) in [4.78, 5) is 0. The average Bonchev–Trinajstić information content (AvgIpc) is 2.77. The van der Waals surface area contributed by atoms with E-state index < -0.39 is 10.0 Å². The number of rotatable bonds is 5. The van der Waals surface area contributed by atoms with E-state index in [0.717, 1.165) is 5.56 Å². The van der Waals surface area contributed by atoms with Crippen molar-refractivity contribution in [2.75, 3.05) is 10.5 Å². The first-order valence-corrected chi connectivity index (χ1v) is 7.28. The van der Waals surface area contributed by atoms with Crippen molar-refractivity contribution in [2.24, 2.45) is 0 Å². The molecule has 0 radical (unpaired) electrons. The smallest absolute Gasteiger partial charge is 0.233 e. The number of hydrogen-bond acceptors (Lipinski definition) is 4. The summed E-state index contributed by atoms with van der Waals surface area (Å²) in [7, 11) is -3.33. The minimum atomic E-state index is -3.33. The quantitative estimate of drug-likeness (QED) is 0.902. The van der Waals surface area contributed by atoms with Crippen LogP contribution in [0.1, 0.15) is 13.3 Å². The van der Waals surface area contributed by atoms with Crippen LogP contribution in [-0.4, -0.2) is 19.3 Å². The van der Waals surface area contributed by atoms with Gasteiger partial charge in [0.15, 0.2) is 11.6 Å². The van der Waals surface area contributed by atoms with Crippen molar-refractivity contribution in [2.45, 2.75) is 13.3 Å². The van der Waals surface area contributed by atoms with Gasteiger partial charge in [-0.1, -0.05) is 42.4 Å². The number of benzene rings is 1. The van der Waals surface area contributed by atoms with Gasteiger partial charge >= 0.3 is 0 Å². The van der Waals surface area contributed by atoms with Crippen LogP contribution < -0.4 is 4.72 Å². The molecule has 0 saturated heterocycles. The van der Waals surface area contributed by atoms with Gasteiger partial charge in [-0.25, -0.2) is 8.42 Å². The van der Waals surface area contributed by atoms with E-state index in [1.165, 1.54) is 0 Å². The molecule has 1 aromatic heterocycles. The van der Waals surface area contributed by atoms with E-state index in [1.807, 2.05) is 30.3 Å². The lowest BCUT2D eigenvalue weighted by Crippen LogP contribution is -2.16. The Balaban J connectivity index is 2.17. The molecule has 0 aliphatic carbocycles. The van der Waals surface area contributed by atoms with E-state index in [0.29, 0.717) is 12.2 Å². The molecule has 96 valence electrons. The lowest BCUT2D eigenvalue weighted by Gasteiger charge is -2.01. The average molecular weight is 266 g/mol. The minimum absolute atomic E-state index is 0.0700. The zero-order valence-corrected chi connectivity index (χ0v) is 10.8. The predicted octanol–water partition coefficient (Wildman–Crippen LogP) is 2.49. The van der Waals surface area contributed by atoms with Crippen LogP contribution >= 0.6 is 0 Å². The van der Waals surface area contributed by atoms with Gasteiger partial charge in [-0.05, 0) is 6.42 Å². The molecule has 0 saturated carbocycles. The summed E-state index contributed by atoms with van der Waals surface area (Å²) in [5.74, 6) is 0.813. The number of nitrogens with zero attached hydrogens (tertiary/aromatic N) is 1. The van der Waals surface area contributed by atoms with Crippen LogP contribution in [0.4, 0.5) is 5.82 Å². The van der Waals surface area contributed by atoms with Crippen LogP contribution in [0, 0.1) is 0 Å². The molecule has 5 nitrogen and oxygen atoms in total. The maximum Gasteiger partial charge on any atom is 0.233 e. The summed E-state index contributed by atoms with van der Waals surface area (Å²) in [5.41, 5.74) is 0.853. The molecular formula is C12H14N2O3S. The summed E-state index contributed by atoms with van der Waals surface area (Å²) < 4.78 is 30.6. The van der Waals surface area contributed by atoms with Gasteiger partial charge < -0.3 is 4.52 Å². The van der Waals surface area contributed by atoms with Crippen LogP contribution in [0.2, 0.25) is 0 Å². The van der Waals surface area contributed by atoms with Gasteiger partial charge in [-0.15, -0.1) is 0 Å². The van der Waals surface area contributed by atoms with Crippen molar-refractivity contribution >= 4 is 15.8 Å². The highest BCUT2D eigenvalue weighted by molar-refractivity contribution is 7.92. The molecule has 0 unspecified atom stereocenters. The van der Waals surface area contributed by atoms with E-state index in [9.17, 15) is 8.42 Å². The van der Waals surface area contributed by atoms with Crippen LogP contribution in [0.5, 0.6) is 0 Å². The monoisotopic (exact) mass is 266 g/mol. The fourth-order valence-electron chi connectivity index (χ4n) is 1.54. The first-order chi connectivity index (χ1) is 8.61. The third-order valence-electron chi connectivity index (χ3n) is 2.30. The van der Waals surface area contributed by atoms with Gasteiger partial charge in [0.1, 0.15) is 0 Å². The molecule has 2 rings (SSSR count). The number of hydrogen-bond donors (Lipinski definition) is 1. The third-order valence-corrected chi connectivity index (χ3v) is 3.77. The van der Waals surface area contributed by atoms with Crippen LogP contribution in [0.3, 0.4) is 0 Å². The van der Waals surface area contributed by atoms with Crippen LogP contribution in [0.25, 0.3) is 11.3 Å². The van der Waals surface area contributed by atoms with Crippen LogP contribution in [0.15, 0.2) is 40.9 Å². The zero-order valence-electron chi connectivity index (χ0n) is 9.96. The maximum absolute atomic E-state index is 11.6. The SMILES string of the molecule is CCCS(=O)(=O)Nc1cc(-c2ccccc2)on1. The second-order valence-corrected chi connectivity index (χ2v) is 5.71. The Morgan fingerprint density at radius 1 is 1.28 bits per heavy atom. The Morgan fingerprint density at radius 2 is 2.00 bits per heavy atom. The highest BCUT2D eigenvalue weighted by Gasteiger charge is 2.13. The Hall–Kier alpha value is -1.82. The second kappa shape index (κ2) is 5.22. The number of aromatic nitrogens is 1. The number of anilines is 1. The molecule has 1 N–H and O–H groups in total. The Labute approximate surface area is 106 Å². The summed E-state index contributed by atoms with van der Waals surface area (Å²) >= 11 is 0. The van der Waals surface area contributed by atoms with Crippen molar-refractivity contribution in [3.63, 3.8) is 0 Å². The minimum Gasteiger partial charge on any atom is -0.354 e. The van der Waals surface area contributed by atoms with Gasteiger partial charge in [0.05, 0.1) is 5.75 Å². The molecular weight excluding hydrogens is 252 g/mol. The van der Waals surface area contributed by atoms with E-state index in [-0.39, 0.29) is 11.6 Å². The topological polar surface area (TPSA) is 72.2 Å². The van der Waals surface area contributed by atoms with Crippen molar-refractivity contribution in [1.29, 1.82) is 0 Å². The molecule has 18 heavy (non-hydrogen) atoms. The van der Waals surface area contributed by atoms with Crippen molar-refractivity contribution in [3.8, 4) is 11.3 Å². The molecule has 6 heteroatoms. The van der Waals surface area contributed by atoms with Gasteiger partial charge in [0.2, 0.25) is 10.0 Å². The normalized spacial score (nSPS) is 11.4. The van der Waals surface area contributed by atoms with Crippen molar-refractivity contribution in [3.05, 3.63) is 36.4 Å². The fraction of sp³-hybridized carbons (Fsp3) is 0.250. The third kappa shape index (κ3) is 3.10. The Kier molecular flexibility index (Phi) is 3.66. The van der Waals surface area contributed by atoms with Gasteiger partial charge in [-0.3, -0.25) is 4.72 Å². The molecule has 1 heterocycles. The molecule has 0 spiro atoms. The Bertz CT molecular complexity index is 605. The fourth-order valence-corrected chi connectivity index (χ4v) is 2.60. The largest absolute Gasteiger partial charge is 0.354 e. The van der Waals surface area contributed by atoms with Crippen molar-refractivity contribution in [1.82, 2.24) is 5.16 Å². The molecule has 0 atom stereocenters. The molecule has 0 fully saturated rings. The zero-order chi connectivity index (χ0) is 13.0. The lowest BCUT2D eigenvalue weighted by molar-refractivity contribution is 0.435. The van der Waals surface area contributed by atoms with Gasteiger partial charge in [0.25, 0.3) is 0 Å². The highest BCUT2D eigenvalue weighted by atomic mass is 32.2. The highest BCUT2D eigenvalue weighted by Crippen LogP contribution is 2.22. The van der Waals surface area contributed by atoms with E-state index in [2.05, 4.69) is 9.88 Å². The summed E-state index contributed by atoms with van der Waals surface area (Å²) in [6, 6.07) is 10.9. The Morgan fingerprint density at radius 3 is 2.67 bits per heavy atom. The molecule has 0 amide bonds. The molecule has 0 aliphatic heterocycles.